The standard InChI is InChI=1S/C30H33F3N4O4/c1-17-8-10-24(40-27(32)33)19(12-17)16-37-23-14-20(22(31)13-21(23)26(38)36(37)7)18-9-11-25(34-15-18)30(5,6)35-28(39)41-29(2,3)4/h8-15,27H,16H2,1-7H3,(H,35,39). The normalized spacial score (nSPS) is 12.2. The van der Waals surface area contributed by atoms with Gasteiger partial charge in [-0.3, -0.25) is 19.1 Å². The molecule has 0 aliphatic heterocycles. The Morgan fingerprint density at radius 1 is 1.07 bits per heavy atom. The first-order valence-electron chi connectivity index (χ1n) is 13.0. The van der Waals surface area contributed by atoms with Crippen molar-refractivity contribution in [2.75, 3.05) is 0 Å². The average molecular weight is 571 g/mol. The number of hydrogen-bond donors (Lipinski definition) is 1. The lowest BCUT2D eigenvalue weighted by Gasteiger charge is -2.28. The second-order valence-electron chi connectivity index (χ2n) is 11.4. The van der Waals surface area contributed by atoms with Crippen molar-refractivity contribution in [2.45, 2.75) is 65.8 Å². The van der Waals surface area contributed by atoms with E-state index in [9.17, 15) is 18.4 Å². The summed E-state index contributed by atoms with van der Waals surface area (Å²) in [6.07, 6.45) is 0.890. The Hall–Kier alpha value is -4.28. The molecule has 8 nitrogen and oxygen atoms in total. The number of carbonyl (C=O) groups is 1. The summed E-state index contributed by atoms with van der Waals surface area (Å²) in [7, 11) is 1.53. The fourth-order valence-corrected chi connectivity index (χ4v) is 4.55. The zero-order valence-corrected chi connectivity index (χ0v) is 24.0. The molecular formula is C30H33F3N4O4. The third-order valence-corrected chi connectivity index (χ3v) is 6.53. The minimum atomic E-state index is -3.01. The molecule has 41 heavy (non-hydrogen) atoms. The van der Waals surface area contributed by atoms with Gasteiger partial charge in [0.15, 0.2) is 0 Å². The Bertz CT molecular complexity index is 1650. The Kier molecular flexibility index (Phi) is 7.93. The Morgan fingerprint density at radius 3 is 2.39 bits per heavy atom. The second-order valence-corrected chi connectivity index (χ2v) is 11.4. The number of aryl methyl sites for hydroxylation is 1. The van der Waals surface area contributed by atoms with Crippen LogP contribution in [0, 0.1) is 12.7 Å². The van der Waals surface area contributed by atoms with E-state index in [2.05, 4.69) is 10.3 Å². The number of nitrogens with one attached hydrogen (secondary N) is 1. The molecule has 4 aromatic rings. The van der Waals surface area contributed by atoms with Crippen LogP contribution in [0.2, 0.25) is 0 Å². The van der Waals surface area contributed by atoms with Crippen LogP contribution in [0.25, 0.3) is 22.0 Å². The molecule has 0 radical (unpaired) electrons. The van der Waals surface area contributed by atoms with E-state index in [1.54, 1.807) is 63.6 Å². The van der Waals surface area contributed by atoms with Gasteiger partial charge < -0.3 is 14.8 Å². The van der Waals surface area contributed by atoms with E-state index in [1.807, 2.05) is 6.92 Å². The molecule has 0 bridgehead atoms. The number of halogens is 3. The van der Waals surface area contributed by atoms with Crippen LogP contribution in [0.3, 0.4) is 0 Å². The smallest absolute Gasteiger partial charge is 0.408 e. The number of nitrogens with zero attached hydrogens (tertiary/aromatic N) is 3. The highest BCUT2D eigenvalue weighted by molar-refractivity contribution is 5.85. The van der Waals surface area contributed by atoms with E-state index in [0.717, 1.165) is 11.6 Å². The van der Waals surface area contributed by atoms with Crippen LogP contribution in [-0.2, 0) is 23.9 Å². The van der Waals surface area contributed by atoms with Gasteiger partial charge in [0, 0.05) is 29.9 Å². The quantitative estimate of drug-likeness (QED) is 0.284. The lowest BCUT2D eigenvalue weighted by Crippen LogP contribution is -2.44. The van der Waals surface area contributed by atoms with Gasteiger partial charge in [-0.15, -0.1) is 0 Å². The molecule has 4 rings (SSSR count). The van der Waals surface area contributed by atoms with Crippen LogP contribution in [-0.4, -0.2) is 32.7 Å². The number of fused-ring (bicyclic) bond motifs is 1. The van der Waals surface area contributed by atoms with Crippen LogP contribution in [0.4, 0.5) is 18.0 Å². The second kappa shape index (κ2) is 10.9. The third-order valence-electron chi connectivity index (χ3n) is 6.53. The van der Waals surface area contributed by atoms with E-state index >= 15 is 4.39 Å². The Balaban J connectivity index is 1.71. The highest BCUT2D eigenvalue weighted by atomic mass is 19.3. The van der Waals surface area contributed by atoms with Gasteiger partial charge in [-0.2, -0.15) is 8.78 Å². The number of alkyl carbamates (subject to hydrolysis) is 1. The maximum Gasteiger partial charge on any atom is 0.408 e. The summed E-state index contributed by atoms with van der Waals surface area (Å²) in [6.45, 7) is 7.67. The third kappa shape index (κ3) is 6.55. The summed E-state index contributed by atoms with van der Waals surface area (Å²) in [5, 5.41) is 2.93. The van der Waals surface area contributed by atoms with Crippen molar-refractivity contribution in [1.82, 2.24) is 19.7 Å². The van der Waals surface area contributed by atoms with Gasteiger partial charge in [0.2, 0.25) is 0 Å². The molecule has 1 N–H and O–H groups in total. The number of hydrogen-bond acceptors (Lipinski definition) is 5. The summed E-state index contributed by atoms with van der Waals surface area (Å²) < 4.78 is 54.3. The van der Waals surface area contributed by atoms with Gasteiger partial charge >= 0.3 is 12.7 Å². The van der Waals surface area contributed by atoms with Crippen molar-refractivity contribution in [1.29, 1.82) is 0 Å². The zero-order valence-electron chi connectivity index (χ0n) is 24.0. The number of carbonyl (C=O) groups excluding carboxylic acids is 1. The van der Waals surface area contributed by atoms with Crippen molar-refractivity contribution in [3.05, 3.63) is 81.7 Å². The fraction of sp³-hybridized carbons (Fsp3) is 0.367. The van der Waals surface area contributed by atoms with E-state index < -0.39 is 35.2 Å². The SMILES string of the molecule is Cc1ccc(OC(F)F)c(Cn2c3cc(-c4ccc(C(C)(C)NC(=O)OC(C)(C)C)nc4)c(F)cc3c(=O)n2C)c1. The molecule has 11 heteroatoms. The molecule has 0 spiro atoms. The molecule has 0 fully saturated rings. The lowest BCUT2D eigenvalue weighted by atomic mass is 9.98. The summed E-state index contributed by atoms with van der Waals surface area (Å²) in [4.78, 5) is 29.7. The summed E-state index contributed by atoms with van der Waals surface area (Å²) >= 11 is 0. The molecule has 1 amide bonds. The van der Waals surface area contributed by atoms with Crippen molar-refractivity contribution in [3.63, 3.8) is 0 Å². The van der Waals surface area contributed by atoms with Gasteiger partial charge in [0.25, 0.3) is 5.56 Å². The van der Waals surface area contributed by atoms with Gasteiger partial charge in [-0.1, -0.05) is 23.8 Å². The van der Waals surface area contributed by atoms with Crippen LogP contribution < -0.4 is 15.6 Å². The monoisotopic (exact) mass is 570 g/mol. The molecular weight excluding hydrogens is 537 g/mol. The van der Waals surface area contributed by atoms with Crippen LogP contribution >= 0.6 is 0 Å². The first-order chi connectivity index (χ1) is 19.1. The molecule has 0 atom stereocenters. The fourth-order valence-electron chi connectivity index (χ4n) is 4.55. The highest BCUT2D eigenvalue weighted by Crippen LogP contribution is 2.30. The molecule has 0 unspecified atom stereocenters. The molecule has 0 saturated carbocycles. The van der Waals surface area contributed by atoms with Crippen molar-refractivity contribution >= 4 is 17.0 Å². The van der Waals surface area contributed by atoms with E-state index in [4.69, 9.17) is 9.47 Å². The number of rotatable bonds is 7. The Morgan fingerprint density at radius 2 is 1.78 bits per heavy atom. The van der Waals surface area contributed by atoms with E-state index in [0.29, 0.717) is 22.3 Å². The molecule has 218 valence electrons. The molecule has 2 heterocycles. The van der Waals surface area contributed by atoms with Crippen molar-refractivity contribution in [3.8, 4) is 16.9 Å². The molecule has 0 aliphatic carbocycles. The van der Waals surface area contributed by atoms with Crippen LogP contribution in [0.15, 0.2) is 53.5 Å². The van der Waals surface area contributed by atoms with Crippen LogP contribution in [0.1, 0.15) is 51.4 Å². The number of aromatic nitrogens is 3. The first-order valence-corrected chi connectivity index (χ1v) is 13.0. The lowest BCUT2D eigenvalue weighted by molar-refractivity contribution is -0.0505. The van der Waals surface area contributed by atoms with Gasteiger partial charge in [-0.25, -0.2) is 9.18 Å². The molecule has 0 aliphatic rings. The van der Waals surface area contributed by atoms with Crippen molar-refractivity contribution < 1.29 is 27.4 Å². The van der Waals surface area contributed by atoms with E-state index in [-0.39, 0.29) is 23.2 Å². The highest BCUT2D eigenvalue weighted by Gasteiger charge is 2.28. The number of ether oxygens (including phenoxy) is 2. The minimum Gasteiger partial charge on any atom is -0.444 e. The van der Waals surface area contributed by atoms with E-state index in [1.165, 1.54) is 30.1 Å². The summed E-state index contributed by atoms with van der Waals surface area (Å²) in [5.41, 5.74) is 0.865. The van der Waals surface area contributed by atoms with Gasteiger partial charge in [-0.05, 0) is 65.8 Å². The molecule has 2 aromatic carbocycles. The summed E-state index contributed by atoms with van der Waals surface area (Å²) in [6, 6.07) is 10.9. The number of benzene rings is 2. The molecule has 2 aromatic heterocycles. The number of amides is 1. The zero-order chi connectivity index (χ0) is 30.3. The largest absolute Gasteiger partial charge is 0.444 e. The number of pyridine rings is 1. The maximum absolute atomic E-state index is 15.3. The predicted octanol–water partition coefficient (Wildman–Crippen LogP) is 6.26. The summed E-state index contributed by atoms with van der Waals surface area (Å²) in [5.74, 6) is -0.630. The first kappa shape index (κ1) is 29.7. The predicted molar refractivity (Wildman–Crippen MR) is 150 cm³/mol. The van der Waals surface area contributed by atoms with Gasteiger partial charge in [0.05, 0.1) is 28.7 Å². The minimum absolute atomic E-state index is 0.00960. The van der Waals surface area contributed by atoms with Crippen LogP contribution in [0.5, 0.6) is 5.75 Å². The topological polar surface area (TPSA) is 87.4 Å². The van der Waals surface area contributed by atoms with Gasteiger partial charge in [0.1, 0.15) is 17.2 Å². The maximum atomic E-state index is 15.3. The van der Waals surface area contributed by atoms with Crippen molar-refractivity contribution in [2.24, 2.45) is 7.05 Å². The Labute approximate surface area is 235 Å². The average Bonchev–Trinajstić information content (AvgIpc) is 3.07. The molecule has 0 saturated heterocycles. The number of alkyl halides is 2.